The number of aromatic nitrogens is 1. The summed E-state index contributed by atoms with van der Waals surface area (Å²) in [6, 6.07) is 3.97. The van der Waals surface area contributed by atoms with Crippen molar-refractivity contribution in [3.63, 3.8) is 0 Å². The first kappa shape index (κ1) is 17.1. The molecular weight excluding hydrogens is 328 g/mol. The zero-order valence-corrected chi connectivity index (χ0v) is 11.4. The molecule has 1 aromatic heterocycles. The van der Waals surface area contributed by atoms with E-state index in [4.69, 9.17) is 5.26 Å². The van der Waals surface area contributed by atoms with E-state index in [-0.39, 0.29) is 11.3 Å². The van der Waals surface area contributed by atoms with Crippen LogP contribution in [0.2, 0.25) is 0 Å². The maximum absolute atomic E-state index is 12.9. The van der Waals surface area contributed by atoms with E-state index >= 15 is 0 Å². The normalized spacial score (nSPS) is 17.9. The number of hydrogen-bond donors (Lipinski definition) is 0. The van der Waals surface area contributed by atoms with E-state index in [2.05, 4.69) is 4.98 Å². The van der Waals surface area contributed by atoms with Gasteiger partial charge in [-0.2, -0.15) is 31.6 Å². The predicted octanol–water partition coefficient (Wildman–Crippen LogP) is 2.91. The van der Waals surface area contributed by atoms with Crippen molar-refractivity contribution < 1.29 is 31.1 Å². The molecule has 0 N–H and O–H groups in total. The van der Waals surface area contributed by atoms with Gasteiger partial charge in [-0.15, -0.1) is 0 Å². The van der Waals surface area contributed by atoms with Crippen molar-refractivity contribution in [3.05, 3.63) is 29.6 Å². The fourth-order valence-corrected chi connectivity index (χ4v) is 2.38. The first-order valence-electron chi connectivity index (χ1n) is 6.31. The molecule has 0 spiro atoms. The van der Waals surface area contributed by atoms with Crippen molar-refractivity contribution >= 4 is 5.91 Å². The van der Waals surface area contributed by atoms with Crippen LogP contribution < -0.4 is 0 Å². The molecule has 1 aliphatic rings. The molecule has 0 saturated carbocycles. The summed E-state index contributed by atoms with van der Waals surface area (Å²) in [4.78, 5) is 16.1. The van der Waals surface area contributed by atoms with Crippen molar-refractivity contribution in [3.8, 4) is 6.07 Å². The molecule has 1 saturated heterocycles. The van der Waals surface area contributed by atoms with Gasteiger partial charge in [-0.1, -0.05) is 0 Å². The Morgan fingerprint density at radius 3 is 2.22 bits per heavy atom. The molecule has 4 nitrogen and oxygen atoms in total. The van der Waals surface area contributed by atoms with Crippen LogP contribution in [0, 0.1) is 16.7 Å². The Bertz CT molecular complexity index is 630. The number of pyridine rings is 1. The van der Waals surface area contributed by atoms with Gasteiger partial charge < -0.3 is 4.90 Å². The topological polar surface area (TPSA) is 57.0 Å². The highest BCUT2D eigenvalue weighted by atomic mass is 19.4. The van der Waals surface area contributed by atoms with Crippen LogP contribution in [0.1, 0.15) is 22.5 Å². The monoisotopic (exact) mass is 337 g/mol. The zero-order chi connectivity index (χ0) is 17.5. The lowest BCUT2D eigenvalue weighted by Crippen LogP contribution is -2.52. The third-order valence-electron chi connectivity index (χ3n) is 3.77. The molecule has 124 valence electrons. The summed E-state index contributed by atoms with van der Waals surface area (Å²) in [5, 5.41) is 8.57. The van der Waals surface area contributed by atoms with Crippen LogP contribution in [-0.2, 0) is 0 Å². The maximum atomic E-state index is 12.9. The number of hydrogen-bond acceptors (Lipinski definition) is 3. The average Bonchev–Trinajstić information content (AvgIpc) is 2.92. The van der Waals surface area contributed by atoms with Crippen LogP contribution in [0.25, 0.3) is 0 Å². The Kier molecular flexibility index (Phi) is 4.00. The number of amides is 1. The quantitative estimate of drug-likeness (QED) is 0.741. The van der Waals surface area contributed by atoms with Crippen LogP contribution >= 0.6 is 0 Å². The van der Waals surface area contributed by atoms with Crippen molar-refractivity contribution in [1.82, 2.24) is 9.88 Å². The van der Waals surface area contributed by atoms with E-state index in [9.17, 15) is 31.1 Å². The van der Waals surface area contributed by atoms with Gasteiger partial charge in [-0.05, 0) is 18.6 Å². The molecule has 2 rings (SSSR count). The Morgan fingerprint density at radius 1 is 1.22 bits per heavy atom. The van der Waals surface area contributed by atoms with Crippen LogP contribution in [0.15, 0.2) is 18.3 Å². The Morgan fingerprint density at radius 2 is 1.83 bits per heavy atom. The van der Waals surface area contributed by atoms with Crippen LogP contribution in [0.5, 0.6) is 0 Å². The van der Waals surface area contributed by atoms with Crippen molar-refractivity contribution in [2.45, 2.75) is 18.8 Å². The number of carbonyl (C=O) groups is 1. The molecule has 0 unspecified atom stereocenters. The predicted molar refractivity (Wildman–Crippen MR) is 64.0 cm³/mol. The van der Waals surface area contributed by atoms with Crippen molar-refractivity contribution in [2.75, 3.05) is 13.1 Å². The maximum Gasteiger partial charge on any atom is 0.404 e. The van der Waals surface area contributed by atoms with Gasteiger partial charge in [-0.3, -0.25) is 4.79 Å². The first-order valence-corrected chi connectivity index (χ1v) is 6.31. The molecule has 0 radical (unpaired) electrons. The van der Waals surface area contributed by atoms with Gasteiger partial charge in [0, 0.05) is 19.3 Å². The van der Waals surface area contributed by atoms with Gasteiger partial charge >= 0.3 is 12.4 Å². The number of halogens is 6. The largest absolute Gasteiger partial charge is 0.404 e. The molecule has 10 heteroatoms. The summed E-state index contributed by atoms with van der Waals surface area (Å²) in [5.74, 6) is -0.989. The van der Waals surface area contributed by atoms with Crippen molar-refractivity contribution in [1.29, 1.82) is 5.26 Å². The summed E-state index contributed by atoms with van der Waals surface area (Å²) < 4.78 is 77.7. The molecule has 0 bridgehead atoms. The van der Waals surface area contributed by atoms with Gasteiger partial charge in [0.2, 0.25) is 0 Å². The van der Waals surface area contributed by atoms with Gasteiger partial charge in [0.25, 0.3) is 5.91 Å². The lowest BCUT2D eigenvalue weighted by atomic mass is 9.85. The number of rotatable bonds is 1. The van der Waals surface area contributed by atoms with E-state index in [1.165, 1.54) is 0 Å². The lowest BCUT2D eigenvalue weighted by Gasteiger charge is -2.33. The number of likely N-dealkylation sites (tertiary alicyclic amines) is 1. The molecule has 1 aromatic rings. The smallest absolute Gasteiger partial charge is 0.337 e. The fourth-order valence-electron chi connectivity index (χ4n) is 2.38. The van der Waals surface area contributed by atoms with Crippen molar-refractivity contribution in [2.24, 2.45) is 5.41 Å². The van der Waals surface area contributed by atoms with E-state index in [0.29, 0.717) is 4.90 Å². The summed E-state index contributed by atoms with van der Waals surface area (Å²) >= 11 is 0. The minimum absolute atomic E-state index is 0.0251. The molecular formula is C13H9F6N3O. The third-order valence-corrected chi connectivity index (χ3v) is 3.77. The molecule has 2 heterocycles. The lowest BCUT2D eigenvalue weighted by molar-refractivity contribution is -0.334. The molecule has 1 fully saturated rings. The highest BCUT2D eigenvalue weighted by molar-refractivity contribution is 5.94. The second-order valence-corrected chi connectivity index (χ2v) is 5.10. The molecule has 0 atom stereocenters. The van der Waals surface area contributed by atoms with E-state index < -0.39 is 43.2 Å². The van der Waals surface area contributed by atoms with Crippen LogP contribution in [-0.4, -0.2) is 41.2 Å². The molecule has 1 aliphatic heterocycles. The third kappa shape index (κ3) is 2.83. The molecule has 0 aromatic carbocycles. The van der Waals surface area contributed by atoms with E-state index in [1.807, 2.05) is 0 Å². The Labute approximate surface area is 126 Å². The Hall–Kier alpha value is -2.31. The SMILES string of the molecule is N#Cc1ccc(C(=O)N2CCC(C(F)(F)F)(C(F)(F)F)C2)cn1. The molecule has 23 heavy (non-hydrogen) atoms. The second-order valence-electron chi connectivity index (χ2n) is 5.10. The zero-order valence-electron chi connectivity index (χ0n) is 11.4. The summed E-state index contributed by atoms with van der Waals surface area (Å²) in [7, 11) is 0. The van der Waals surface area contributed by atoms with Crippen LogP contribution in [0.4, 0.5) is 26.3 Å². The van der Waals surface area contributed by atoms with Gasteiger partial charge in [-0.25, -0.2) is 4.98 Å². The van der Waals surface area contributed by atoms with Crippen LogP contribution in [0.3, 0.4) is 0 Å². The summed E-state index contributed by atoms with van der Waals surface area (Å²) in [6.07, 6.45) is -11.3. The minimum Gasteiger partial charge on any atom is -0.337 e. The summed E-state index contributed by atoms with van der Waals surface area (Å²) in [6.45, 7) is -2.16. The van der Waals surface area contributed by atoms with E-state index in [1.54, 1.807) is 6.07 Å². The van der Waals surface area contributed by atoms with E-state index in [0.717, 1.165) is 18.3 Å². The highest BCUT2D eigenvalue weighted by Crippen LogP contribution is 2.55. The average molecular weight is 337 g/mol. The number of nitriles is 1. The first-order chi connectivity index (χ1) is 10.5. The summed E-state index contributed by atoms with van der Waals surface area (Å²) in [5.41, 5.74) is -4.12. The van der Waals surface area contributed by atoms with Gasteiger partial charge in [0.15, 0.2) is 5.41 Å². The number of nitrogens with zero attached hydrogens (tertiary/aromatic N) is 3. The molecule has 1 amide bonds. The standard InChI is InChI=1S/C13H9F6N3O/c14-12(15,16)11(13(17,18)19)3-4-22(7-11)10(23)8-1-2-9(5-20)21-6-8/h1-2,6H,3-4,7H2. The Balaban J connectivity index is 2.27. The fraction of sp³-hybridized carbons (Fsp3) is 0.462. The highest BCUT2D eigenvalue weighted by Gasteiger charge is 2.72. The number of carbonyl (C=O) groups excluding carboxylic acids is 1. The minimum atomic E-state index is -5.51. The second kappa shape index (κ2) is 5.40. The van der Waals surface area contributed by atoms with Gasteiger partial charge in [0.1, 0.15) is 11.8 Å². The number of alkyl halides is 6. The molecule has 0 aliphatic carbocycles. The van der Waals surface area contributed by atoms with Gasteiger partial charge in [0.05, 0.1) is 5.56 Å².